The molecule has 3 fully saturated rings. The number of hydrogen-bond acceptors (Lipinski definition) is 15. The summed E-state index contributed by atoms with van der Waals surface area (Å²) in [6, 6.07) is -0.269. The maximum absolute atomic E-state index is 13.6. The van der Waals surface area contributed by atoms with Gasteiger partial charge in [0.25, 0.3) is 0 Å². The molecule has 310 valence electrons. The van der Waals surface area contributed by atoms with Crippen molar-refractivity contribution in [2.75, 3.05) is 34.9 Å². The number of allylic oxidation sites excluding steroid dienone is 1. The Balaban J connectivity index is 1.62. The van der Waals surface area contributed by atoms with Crippen molar-refractivity contribution < 1.29 is 67.6 Å². The van der Waals surface area contributed by atoms with E-state index in [1.165, 1.54) is 20.3 Å². The number of hydrogen-bond donors (Lipinski definition) is 3. The molecule has 15 nitrogen and oxygen atoms in total. The number of carbonyl (C=O) groups excluding carboxylic acids is 3. The standard InChI is InChI=1S/C39H65NO14/c1-11-29-25(19-49-38-36(48-10)35(47-9)33(46)23(5)51-38)37-39(6,54-37)14-12-27(42)20(2)16-24(13-15-41)34(21(3)28(43)18-30(44)52-29)53-31-17-26(40(7)8)32(45)22(4)50-31/h12,14-15,20-26,28-29,31-38,43,45-46H,11,13,16-19H2,1-10H3/t20-,21+,22-,23-,24+,25-,26-,28-,29-,31+,32-,33-,34-,35-,36-,37?,38-,39?/m1/s1. The molecule has 2 unspecified atom stereocenters. The van der Waals surface area contributed by atoms with Gasteiger partial charge in [0.2, 0.25) is 0 Å². The molecule has 0 radical (unpaired) electrons. The molecular weight excluding hydrogens is 706 g/mol. The predicted molar refractivity (Wildman–Crippen MR) is 194 cm³/mol. The molecule has 4 aliphatic rings. The average molecular weight is 772 g/mol. The summed E-state index contributed by atoms with van der Waals surface area (Å²) in [5, 5.41) is 33.0. The van der Waals surface area contributed by atoms with Crippen LogP contribution in [-0.2, 0) is 52.3 Å². The number of nitrogens with zero attached hydrogens (tertiary/aromatic N) is 1. The van der Waals surface area contributed by atoms with Gasteiger partial charge in [0, 0.05) is 50.9 Å². The number of aliphatic hydroxyl groups is 3. The Kier molecular flexibility index (Phi) is 16.2. The van der Waals surface area contributed by atoms with E-state index in [1.54, 1.807) is 33.8 Å². The van der Waals surface area contributed by atoms with E-state index in [2.05, 4.69) is 0 Å². The largest absolute Gasteiger partial charge is 0.462 e. The maximum atomic E-state index is 13.6. The lowest BCUT2D eigenvalue weighted by Gasteiger charge is -2.44. The molecule has 54 heavy (non-hydrogen) atoms. The minimum absolute atomic E-state index is 0.0126. The molecule has 0 bridgehead atoms. The third-order valence-electron chi connectivity index (χ3n) is 11.9. The van der Waals surface area contributed by atoms with Crippen molar-refractivity contribution >= 4 is 18.0 Å². The normalized spacial score (nSPS) is 45.5. The summed E-state index contributed by atoms with van der Waals surface area (Å²) in [5.41, 5.74) is -0.878. The highest BCUT2D eigenvalue weighted by Gasteiger charge is 2.57. The molecule has 4 rings (SSSR count). The number of methoxy groups -OCH3 is 2. The lowest BCUT2D eigenvalue weighted by atomic mass is 9.79. The number of ketones is 1. The van der Waals surface area contributed by atoms with E-state index in [0.29, 0.717) is 12.8 Å². The highest BCUT2D eigenvalue weighted by Crippen LogP contribution is 2.45. The van der Waals surface area contributed by atoms with Crippen LogP contribution in [0.5, 0.6) is 0 Å². The number of rotatable bonds is 11. The number of epoxide rings is 1. The zero-order chi connectivity index (χ0) is 40.1. The Labute approximate surface area is 319 Å². The summed E-state index contributed by atoms with van der Waals surface area (Å²) in [5.74, 6) is -3.04. The van der Waals surface area contributed by atoms with E-state index in [0.717, 1.165) is 6.29 Å². The van der Waals surface area contributed by atoms with Crippen molar-refractivity contribution in [1.29, 1.82) is 0 Å². The fourth-order valence-corrected chi connectivity index (χ4v) is 8.33. The van der Waals surface area contributed by atoms with Gasteiger partial charge in [0.1, 0.15) is 36.3 Å². The van der Waals surface area contributed by atoms with E-state index in [-0.39, 0.29) is 37.7 Å². The van der Waals surface area contributed by atoms with Crippen molar-refractivity contribution in [3.05, 3.63) is 12.2 Å². The Morgan fingerprint density at radius 1 is 0.963 bits per heavy atom. The van der Waals surface area contributed by atoms with Crippen molar-refractivity contribution in [3.8, 4) is 0 Å². The van der Waals surface area contributed by atoms with Crippen molar-refractivity contribution in [3.63, 3.8) is 0 Å². The molecule has 18 atom stereocenters. The maximum Gasteiger partial charge on any atom is 0.308 e. The number of cyclic esters (lactones) is 1. The Morgan fingerprint density at radius 2 is 1.63 bits per heavy atom. The second-order valence-electron chi connectivity index (χ2n) is 16.1. The van der Waals surface area contributed by atoms with E-state index in [9.17, 15) is 29.7 Å². The molecule has 0 aliphatic carbocycles. The topological polar surface area (TPSA) is 192 Å². The zero-order valence-electron chi connectivity index (χ0n) is 33.6. The summed E-state index contributed by atoms with van der Waals surface area (Å²) in [6.45, 7) is 10.7. The highest BCUT2D eigenvalue weighted by atomic mass is 16.7. The van der Waals surface area contributed by atoms with Crippen LogP contribution >= 0.6 is 0 Å². The Bertz CT molecular complexity index is 1270. The number of fused-ring (bicyclic) bond motifs is 1. The monoisotopic (exact) mass is 771 g/mol. The summed E-state index contributed by atoms with van der Waals surface area (Å²) in [4.78, 5) is 41.2. The molecule has 0 aromatic heterocycles. The summed E-state index contributed by atoms with van der Waals surface area (Å²) < 4.78 is 48.4. The van der Waals surface area contributed by atoms with Crippen molar-refractivity contribution in [1.82, 2.24) is 4.90 Å². The summed E-state index contributed by atoms with van der Waals surface area (Å²) in [7, 11) is 6.68. The zero-order valence-corrected chi connectivity index (χ0v) is 33.6. The minimum atomic E-state index is -1.24. The molecular formula is C39H65NO14. The molecule has 4 heterocycles. The van der Waals surface area contributed by atoms with E-state index >= 15 is 0 Å². The van der Waals surface area contributed by atoms with Gasteiger partial charge in [0.05, 0.1) is 49.7 Å². The van der Waals surface area contributed by atoms with Crippen LogP contribution in [0.25, 0.3) is 0 Å². The van der Waals surface area contributed by atoms with E-state index < -0.39 is 109 Å². The average Bonchev–Trinajstić information content (AvgIpc) is 3.80. The molecule has 15 heteroatoms. The fourth-order valence-electron chi connectivity index (χ4n) is 8.33. The van der Waals surface area contributed by atoms with Gasteiger partial charge >= 0.3 is 5.97 Å². The van der Waals surface area contributed by atoms with E-state index in [4.69, 9.17) is 37.9 Å². The quantitative estimate of drug-likeness (QED) is 0.156. The van der Waals surface area contributed by atoms with Crippen LogP contribution in [0.3, 0.4) is 0 Å². The van der Waals surface area contributed by atoms with E-state index in [1.807, 2.05) is 32.8 Å². The van der Waals surface area contributed by atoms with Crippen LogP contribution in [0.2, 0.25) is 0 Å². The smallest absolute Gasteiger partial charge is 0.308 e. The van der Waals surface area contributed by atoms with Crippen LogP contribution in [0.15, 0.2) is 12.2 Å². The number of aldehydes is 1. The Hall–Kier alpha value is -1.89. The fraction of sp³-hybridized carbons (Fsp3) is 0.872. The molecule has 0 aromatic rings. The van der Waals surface area contributed by atoms with Crippen LogP contribution in [-0.4, -0.2) is 158 Å². The first kappa shape index (κ1) is 44.8. The third kappa shape index (κ3) is 10.5. The molecule has 3 N–H and O–H groups in total. The number of esters is 1. The number of aliphatic hydroxyl groups excluding tert-OH is 3. The van der Waals surface area contributed by atoms with Crippen LogP contribution in [0.4, 0.5) is 0 Å². The second kappa shape index (κ2) is 19.5. The first-order valence-electron chi connectivity index (χ1n) is 19.4. The molecule has 0 aromatic carbocycles. The molecule has 0 amide bonds. The van der Waals surface area contributed by atoms with Gasteiger partial charge in [0.15, 0.2) is 18.4 Å². The van der Waals surface area contributed by atoms with Crippen molar-refractivity contribution in [2.24, 2.45) is 23.7 Å². The van der Waals surface area contributed by atoms with Gasteiger partial charge in [-0.05, 0) is 65.8 Å². The van der Waals surface area contributed by atoms with Gasteiger partial charge in [-0.1, -0.05) is 20.8 Å². The first-order valence-corrected chi connectivity index (χ1v) is 19.4. The van der Waals surface area contributed by atoms with Gasteiger partial charge in [-0.3, -0.25) is 9.59 Å². The van der Waals surface area contributed by atoms with Crippen LogP contribution in [0, 0.1) is 23.7 Å². The minimum Gasteiger partial charge on any atom is -0.462 e. The van der Waals surface area contributed by atoms with Gasteiger partial charge in [-0.25, -0.2) is 0 Å². The summed E-state index contributed by atoms with van der Waals surface area (Å²) in [6.07, 6.45) is -4.59. The SMILES string of the molecule is CC[C@H]1OC(=O)C[C@@H](O)[C@H](C)[C@@H](O[C@H]2C[C@@H](N(C)C)[C@H](O)[C@@H](C)O2)[C@@H](CC=O)C[C@@H](C)C(=O)C=CC2(C)OC2[C@@H]1CO[C@@H]1O[C@H](C)[C@@H](O)[C@@H](OC)[C@H]1OC. The highest BCUT2D eigenvalue weighted by molar-refractivity contribution is 5.91. The molecule has 4 aliphatic heterocycles. The van der Waals surface area contributed by atoms with Gasteiger partial charge < -0.3 is 62.9 Å². The Morgan fingerprint density at radius 3 is 2.24 bits per heavy atom. The molecule has 0 spiro atoms. The molecule has 0 saturated carbocycles. The second-order valence-corrected chi connectivity index (χ2v) is 16.1. The predicted octanol–water partition coefficient (Wildman–Crippen LogP) is 1.80. The number of likely N-dealkylation sites (N-methyl/N-ethyl adjacent to an activating group) is 1. The third-order valence-corrected chi connectivity index (χ3v) is 11.9. The van der Waals surface area contributed by atoms with Crippen LogP contribution in [0.1, 0.15) is 73.6 Å². The lowest BCUT2D eigenvalue weighted by molar-refractivity contribution is -0.305. The number of ether oxygens (including phenoxy) is 8. The first-order chi connectivity index (χ1) is 25.5. The van der Waals surface area contributed by atoms with Gasteiger partial charge in [-0.2, -0.15) is 0 Å². The molecule has 3 saturated heterocycles. The summed E-state index contributed by atoms with van der Waals surface area (Å²) >= 11 is 0. The van der Waals surface area contributed by atoms with Crippen LogP contribution < -0.4 is 0 Å². The lowest BCUT2D eigenvalue weighted by Crippen LogP contribution is -2.59. The number of carbonyl (C=O) groups is 3. The van der Waals surface area contributed by atoms with Crippen molar-refractivity contribution in [2.45, 2.75) is 159 Å². The van der Waals surface area contributed by atoms with Gasteiger partial charge in [-0.15, -0.1) is 0 Å².